The molecular formula is H2BaCaO3PSi. The van der Waals surface area contributed by atoms with Gasteiger partial charge in [-0.25, -0.2) is 0 Å². The molecule has 0 aliphatic rings. The van der Waals surface area contributed by atoms with Gasteiger partial charge in [0.2, 0.25) is 0 Å². The molecule has 0 spiro atoms. The monoisotopic (exact) mass is 287 g/mol. The summed E-state index contributed by atoms with van der Waals surface area (Å²) in [6, 6.07) is 0. The van der Waals surface area contributed by atoms with Crippen LogP contribution in [0.4, 0.5) is 0 Å². The second-order valence-electron chi connectivity index (χ2n) is 0.250. The minimum Gasteiger partial charge on any atom is 0 e. The molecule has 0 aliphatic heterocycles. The van der Waals surface area contributed by atoms with E-state index in [-0.39, 0.29) is 96.5 Å². The first-order valence-electron chi connectivity index (χ1n) is 0.612. The van der Waals surface area contributed by atoms with Crippen LogP contribution in [0.2, 0.25) is 0 Å². The second kappa shape index (κ2) is 15.9. The Labute approximate surface area is 117 Å². The molecule has 7 heteroatoms. The van der Waals surface area contributed by atoms with E-state index in [4.69, 9.17) is 14.1 Å². The Balaban J connectivity index is -0.0000000150. The predicted octanol–water partition coefficient (Wildman–Crippen LogP) is -3.31. The average molecular weight is 286 g/mol. The summed E-state index contributed by atoms with van der Waals surface area (Å²) in [5.74, 6) is 0. The molecule has 0 aromatic rings. The predicted molar refractivity (Wildman–Crippen MR) is 27.7 cm³/mol. The molecule has 0 rings (SSSR count). The number of hydrogen-bond donors (Lipinski definition) is 0. The molecular weight excluding hydrogens is 284 g/mol. The fourth-order valence-corrected chi connectivity index (χ4v) is 0. The van der Waals surface area contributed by atoms with E-state index in [1.165, 1.54) is 0 Å². The molecule has 0 unspecified atom stereocenters. The van der Waals surface area contributed by atoms with Crippen molar-refractivity contribution in [3.8, 4) is 0 Å². The molecule has 0 bridgehead atoms. The zero-order chi connectivity index (χ0) is 3.58. The van der Waals surface area contributed by atoms with Crippen molar-refractivity contribution in [1.82, 2.24) is 0 Å². The van der Waals surface area contributed by atoms with E-state index in [1.54, 1.807) is 0 Å². The maximum Gasteiger partial charge on any atom is 0 e. The van der Waals surface area contributed by atoms with Gasteiger partial charge >= 0.3 is 86.6 Å². The molecule has 7 heavy (non-hydrogen) atoms. The molecule has 33 valence electrons. The van der Waals surface area contributed by atoms with Crippen LogP contribution in [0.15, 0.2) is 0 Å². The summed E-state index contributed by atoms with van der Waals surface area (Å²) in [6.07, 6.45) is 0. The molecule has 0 fully saturated rings. The molecule has 0 aromatic carbocycles. The Hall–Kier alpha value is 2.88. The zero-order valence-corrected chi connectivity index (χ0v) is 9.21. The van der Waals surface area contributed by atoms with Gasteiger partial charge in [0.05, 0.1) is 0 Å². The first kappa shape index (κ1) is 22.5. The van der Waals surface area contributed by atoms with Crippen LogP contribution < -0.4 is 9.59 Å². The quantitative estimate of drug-likeness (QED) is 0.346. The molecule has 3 radical (unpaired) electrons. The van der Waals surface area contributed by atoms with Crippen molar-refractivity contribution in [3.63, 3.8) is 0 Å². The van der Waals surface area contributed by atoms with Crippen molar-refractivity contribution >= 4 is 106 Å². The van der Waals surface area contributed by atoms with Crippen molar-refractivity contribution in [3.05, 3.63) is 0 Å². The third-order valence-electron chi connectivity index (χ3n) is 0. The van der Waals surface area contributed by atoms with Gasteiger partial charge in [0, 0.05) is 19.1 Å². The largest absolute Gasteiger partial charge is 0 e. The van der Waals surface area contributed by atoms with Gasteiger partial charge in [-0.1, -0.05) is 0 Å². The van der Waals surface area contributed by atoms with E-state index in [0.29, 0.717) is 0 Å². The van der Waals surface area contributed by atoms with Crippen molar-refractivity contribution < 1.29 is 14.1 Å². The third kappa shape index (κ3) is 50.7. The van der Waals surface area contributed by atoms with Crippen LogP contribution in [0, 0.1) is 0 Å². The molecule has 0 saturated carbocycles. The summed E-state index contributed by atoms with van der Waals surface area (Å²) in [6.45, 7) is 0. The number of hydrogen-bond acceptors (Lipinski definition) is 3. The van der Waals surface area contributed by atoms with Gasteiger partial charge in [-0.2, -0.15) is 0 Å². The Bertz CT molecular complexity index is 37.9. The molecule has 0 aromatic heterocycles. The number of rotatable bonds is 0. The molecule has 0 heterocycles. The van der Waals surface area contributed by atoms with Crippen LogP contribution in [-0.2, 0) is 4.46 Å². The summed E-state index contributed by atoms with van der Waals surface area (Å²) < 4.78 is 8.52. The molecule has 0 amide bonds. The van der Waals surface area contributed by atoms with Crippen LogP contribution in [0.1, 0.15) is 0 Å². The summed E-state index contributed by atoms with van der Waals surface area (Å²) >= 11 is 0. The third-order valence-corrected chi connectivity index (χ3v) is 0. The standard InChI is InChI=1S/Ba.Ca.O3Si.P.2H/c;;1-4(2)3;;;/q+2;;-2;;;. The normalized spacial score (nSPS) is 3.43. The van der Waals surface area contributed by atoms with Crippen molar-refractivity contribution in [2.75, 3.05) is 0 Å². The topological polar surface area (TPSA) is 63.2 Å². The zero-order valence-electron chi connectivity index (χ0n) is 2.88. The van der Waals surface area contributed by atoms with Crippen LogP contribution in [-0.4, -0.2) is 95.8 Å². The van der Waals surface area contributed by atoms with Gasteiger partial charge in [0.25, 0.3) is 0 Å². The van der Waals surface area contributed by atoms with Crippen molar-refractivity contribution in [2.45, 2.75) is 0 Å². The minimum absolute atomic E-state index is 0. The SMILES string of the molecule is O=[Si]([O-])[O-].[Ba+2].[CaH2].[P]. The molecule has 0 N–H and O–H groups in total. The van der Waals surface area contributed by atoms with E-state index in [9.17, 15) is 0 Å². The fourth-order valence-electron chi connectivity index (χ4n) is 0. The van der Waals surface area contributed by atoms with E-state index < -0.39 is 9.17 Å². The van der Waals surface area contributed by atoms with E-state index in [0.717, 1.165) is 0 Å². The van der Waals surface area contributed by atoms with Gasteiger partial charge in [-0.05, 0) is 0 Å². The summed E-state index contributed by atoms with van der Waals surface area (Å²) in [5.41, 5.74) is 0. The van der Waals surface area contributed by atoms with Gasteiger partial charge in [0.15, 0.2) is 0 Å². The van der Waals surface area contributed by atoms with Crippen molar-refractivity contribution in [2.24, 2.45) is 0 Å². The molecule has 0 saturated heterocycles. The Morgan fingerprint density at radius 2 is 1.29 bits per heavy atom. The summed E-state index contributed by atoms with van der Waals surface area (Å²) in [4.78, 5) is 17.0. The maximum absolute atomic E-state index is 8.52. The van der Waals surface area contributed by atoms with Crippen LogP contribution >= 0.6 is 9.90 Å². The summed E-state index contributed by atoms with van der Waals surface area (Å²) in [7, 11) is -3.63. The van der Waals surface area contributed by atoms with E-state index in [1.807, 2.05) is 0 Å². The molecule has 0 aliphatic carbocycles. The Morgan fingerprint density at radius 1 is 1.29 bits per heavy atom. The van der Waals surface area contributed by atoms with E-state index >= 15 is 0 Å². The first-order valence-corrected chi connectivity index (χ1v) is 1.84. The second-order valence-corrected chi connectivity index (χ2v) is 0.750. The summed E-state index contributed by atoms with van der Waals surface area (Å²) in [5, 5.41) is 0. The van der Waals surface area contributed by atoms with Gasteiger partial charge in [-0.15, -0.1) is 0 Å². The van der Waals surface area contributed by atoms with Crippen LogP contribution in [0.5, 0.6) is 0 Å². The first-order chi connectivity index (χ1) is 1.73. The van der Waals surface area contributed by atoms with Crippen LogP contribution in [0.25, 0.3) is 0 Å². The van der Waals surface area contributed by atoms with Gasteiger partial charge in [-0.3, -0.25) is 0 Å². The minimum atomic E-state index is -3.63. The fraction of sp³-hybridized carbons (Fsp3) is 0. The van der Waals surface area contributed by atoms with Crippen molar-refractivity contribution in [1.29, 1.82) is 0 Å². The van der Waals surface area contributed by atoms with E-state index in [2.05, 4.69) is 0 Å². The smallest absolute Gasteiger partial charge is 0 e. The maximum atomic E-state index is 8.52. The molecule has 3 nitrogen and oxygen atoms in total. The van der Waals surface area contributed by atoms with Crippen LogP contribution in [0.3, 0.4) is 0 Å². The van der Waals surface area contributed by atoms with Gasteiger partial charge < -0.3 is 14.1 Å². The Kier molecular flexibility index (Phi) is 51.3. The Morgan fingerprint density at radius 3 is 1.29 bits per heavy atom. The average Bonchev–Trinajstić information content (AvgIpc) is 0.811. The molecule has 0 atom stereocenters. The van der Waals surface area contributed by atoms with Gasteiger partial charge in [0.1, 0.15) is 0 Å².